The Morgan fingerprint density at radius 1 is 1.40 bits per heavy atom. The largest absolute Gasteiger partial charge is 0.234 e. The zero-order chi connectivity index (χ0) is 6.81. The van der Waals surface area contributed by atoms with Gasteiger partial charge in [0.15, 0.2) is 0 Å². The molecule has 0 amide bonds. The molecular formula is C9H13N+. The Hall–Kier alpha value is -0.590. The average Bonchev–Trinajstić information content (AvgIpc) is 2.05. The molecule has 1 heteroatoms. The van der Waals surface area contributed by atoms with Crippen LogP contribution in [0.3, 0.4) is 0 Å². The van der Waals surface area contributed by atoms with Gasteiger partial charge in [-0.25, -0.2) is 0 Å². The van der Waals surface area contributed by atoms with E-state index in [2.05, 4.69) is 11.1 Å². The molecule has 0 spiro atoms. The van der Waals surface area contributed by atoms with Crippen LogP contribution in [0.1, 0.15) is 25.7 Å². The van der Waals surface area contributed by atoms with Gasteiger partial charge in [-0.2, -0.15) is 0 Å². The zero-order valence-corrected chi connectivity index (χ0v) is 6.21. The quantitative estimate of drug-likeness (QED) is 0.478. The molecular weight excluding hydrogens is 122 g/mol. The van der Waals surface area contributed by atoms with Crippen molar-refractivity contribution in [3.05, 3.63) is 11.6 Å². The van der Waals surface area contributed by atoms with Crippen molar-refractivity contribution >= 4 is 6.21 Å². The lowest BCUT2D eigenvalue weighted by Crippen LogP contribution is -2.20. The van der Waals surface area contributed by atoms with Gasteiger partial charge < -0.3 is 0 Å². The molecule has 0 aromatic carbocycles. The zero-order valence-electron chi connectivity index (χ0n) is 6.21. The Balaban J connectivity index is 2.14. The molecule has 1 radical (unpaired) electrons. The number of fused-ring (bicyclic) bond motifs is 1. The number of hydrogen-bond acceptors (Lipinski definition) is 1. The van der Waals surface area contributed by atoms with Crippen LogP contribution in [-0.2, 0) is 0 Å². The van der Waals surface area contributed by atoms with Gasteiger partial charge in [-0.1, -0.05) is 12.0 Å². The Labute approximate surface area is 61.9 Å². The van der Waals surface area contributed by atoms with Crippen molar-refractivity contribution in [3.8, 4) is 0 Å². The summed E-state index contributed by atoms with van der Waals surface area (Å²) in [5, 5.41) is 0. The lowest BCUT2D eigenvalue weighted by atomic mass is 9.83. The SMILES string of the molecule is C1=[N+]CC2CCCCC2=C1. The fourth-order valence-corrected chi connectivity index (χ4v) is 1.87. The highest BCUT2D eigenvalue weighted by Gasteiger charge is 2.24. The third-order valence-corrected chi connectivity index (χ3v) is 2.51. The molecule has 1 aliphatic heterocycles. The van der Waals surface area contributed by atoms with Crippen LogP contribution in [0.5, 0.6) is 0 Å². The summed E-state index contributed by atoms with van der Waals surface area (Å²) in [6.45, 7) is 1.06. The molecule has 0 saturated heterocycles. The normalized spacial score (nSPS) is 31.2. The van der Waals surface area contributed by atoms with E-state index in [9.17, 15) is 0 Å². The molecule has 1 fully saturated rings. The molecule has 1 nitrogen and oxygen atoms in total. The molecule has 0 aromatic heterocycles. The molecule has 1 unspecified atom stereocenters. The minimum absolute atomic E-state index is 0.818. The van der Waals surface area contributed by atoms with Crippen LogP contribution in [0.15, 0.2) is 11.6 Å². The van der Waals surface area contributed by atoms with Crippen molar-refractivity contribution < 1.29 is 0 Å². The Morgan fingerprint density at radius 2 is 2.40 bits per heavy atom. The first-order chi connectivity index (χ1) is 4.97. The van der Waals surface area contributed by atoms with E-state index >= 15 is 0 Å². The number of nitrogens with zero attached hydrogens (tertiary/aromatic N) is 1. The van der Waals surface area contributed by atoms with E-state index in [1.165, 1.54) is 25.7 Å². The van der Waals surface area contributed by atoms with Gasteiger partial charge in [0.1, 0.15) is 0 Å². The Bertz CT molecular complexity index is 179. The van der Waals surface area contributed by atoms with Crippen LogP contribution >= 0.6 is 0 Å². The molecule has 1 aliphatic carbocycles. The maximum atomic E-state index is 4.26. The van der Waals surface area contributed by atoms with E-state index in [-0.39, 0.29) is 0 Å². The van der Waals surface area contributed by atoms with Gasteiger partial charge in [-0.15, -0.1) is 0 Å². The van der Waals surface area contributed by atoms with Crippen LogP contribution in [0, 0.1) is 5.92 Å². The summed E-state index contributed by atoms with van der Waals surface area (Å²) in [6, 6.07) is 0. The second-order valence-electron chi connectivity index (χ2n) is 3.20. The third-order valence-electron chi connectivity index (χ3n) is 2.51. The minimum atomic E-state index is 0.818. The Morgan fingerprint density at radius 3 is 3.30 bits per heavy atom. The second kappa shape index (κ2) is 2.57. The smallest absolute Gasteiger partial charge is 0.0544 e. The number of rotatable bonds is 0. The van der Waals surface area contributed by atoms with Crippen LogP contribution in [0.4, 0.5) is 0 Å². The molecule has 0 N–H and O–H groups in total. The van der Waals surface area contributed by atoms with Crippen molar-refractivity contribution in [3.63, 3.8) is 0 Å². The molecule has 0 aromatic rings. The van der Waals surface area contributed by atoms with Crippen molar-refractivity contribution in [2.45, 2.75) is 25.7 Å². The summed E-state index contributed by atoms with van der Waals surface area (Å²) in [5.41, 5.74) is 1.65. The van der Waals surface area contributed by atoms with E-state index in [1.807, 2.05) is 6.21 Å². The maximum absolute atomic E-state index is 4.26. The predicted molar refractivity (Wildman–Crippen MR) is 43.1 cm³/mol. The van der Waals surface area contributed by atoms with Crippen molar-refractivity contribution in [1.82, 2.24) is 4.99 Å². The summed E-state index contributed by atoms with van der Waals surface area (Å²) in [5.74, 6) is 0.818. The summed E-state index contributed by atoms with van der Waals surface area (Å²) < 4.78 is 0. The molecule has 0 bridgehead atoms. The van der Waals surface area contributed by atoms with Gasteiger partial charge in [0.2, 0.25) is 12.8 Å². The van der Waals surface area contributed by atoms with Crippen LogP contribution in [0.2, 0.25) is 0 Å². The number of allylic oxidation sites excluding steroid dienone is 1. The highest BCUT2D eigenvalue weighted by atomic mass is 14.7. The lowest BCUT2D eigenvalue weighted by molar-refractivity contribution is 0.449. The molecule has 2 rings (SSSR count). The van der Waals surface area contributed by atoms with Crippen molar-refractivity contribution in [1.29, 1.82) is 0 Å². The molecule has 1 heterocycles. The van der Waals surface area contributed by atoms with E-state index < -0.39 is 0 Å². The summed E-state index contributed by atoms with van der Waals surface area (Å²) in [4.78, 5) is 4.26. The number of aliphatic imine (C=N–C) groups is 1. The number of dihydropyridines is 1. The van der Waals surface area contributed by atoms with Gasteiger partial charge >= 0.3 is 0 Å². The van der Waals surface area contributed by atoms with Gasteiger partial charge in [0.25, 0.3) is 0 Å². The molecule has 1 saturated carbocycles. The first-order valence-corrected chi connectivity index (χ1v) is 4.16. The van der Waals surface area contributed by atoms with Crippen molar-refractivity contribution in [2.75, 3.05) is 6.54 Å². The van der Waals surface area contributed by atoms with Crippen LogP contribution in [-0.4, -0.2) is 12.8 Å². The van der Waals surface area contributed by atoms with Gasteiger partial charge in [-0.05, 0) is 19.3 Å². The fraction of sp³-hybridized carbons (Fsp3) is 0.667. The highest BCUT2D eigenvalue weighted by molar-refractivity contribution is 5.72. The summed E-state index contributed by atoms with van der Waals surface area (Å²) >= 11 is 0. The minimum Gasteiger partial charge on any atom is -0.0544 e. The second-order valence-corrected chi connectivity index (χ2v) is 3.20. The third kappa shape index (κ3) is 1.00. The lowest BCUT2D eigenvalue weighted by Gasteiger charge is -2.20. The van der Waals surface area contributed by atoms with Gasteiger partial charge in [0.05, 0.1) is 0 Å². The molecule has 53 valence electrons. The van der Waals surface area contributed by atoms with E-state index in [1.54, 1.807) is 5.57 Å². The van der Waals surface area contributed by atoms with Gasteiger partial charge in [0, 0.05) is 17.0 Å². The monoisotopic (exact) mass is 135 g/mol. The fourth-order valence-electron chi connectivity index (χ4n) is 1.87. The topological polar surface area (TPSA) is 14.1 Å². The first-order valence-electron chi connectivity index (χ1n) is 4.16. The highest BCUT2D eigenvalue weighted by Crippen LogP contribution is 2.29. The predicted octanol–water partition coefficient (Wildman–Crippen LogP) is 1.52. The molecule has 2 aliphatic rings. The summed E-state index contributed by atoms with van der Waals surface area (Å²) in [6.07, 6.45) is 9.71. The summed E-state index contributed by atoms with van der Waals surface area (Å²) in [7, 11) is 0. The van der Waals surface area contributed by atoms with Gasteiger partial charge in [-0.3, -0.25) is 0 Å². The molecule has 10 heavy (non-hydrogen) atoms. The first kappa shape index (κ1) is 6.14. The van der Waals surface area contributed by atoms with E-state index in [0.29, 0.717) is 0 Å². The maximum Gasteiger partial charge on any atom is 0.234 e. The molecule has 1 atom stereocenters. The number of hydrogen-bond donors (Lipinski definition) is 0. The van der Waals surface area contributed by atoms with E-state index in [0.717, 1.165) is 12.5 Å². The standard InChI is InChI=1S/C9H13N/c1-2-4-9-7-10-6-5-8(9)3-1/h5-6,9H,1-4,7H2/q+1. The Kier molecular flexibility index (Phi) is 1.58. The van der Waals surface area contributed by atoms with Crippen LogP contribution < -0.4 is 4.99 Å². The van der Waals surface area contributed by atoms with Crippen LogP contribution in [0.25, 0.3) is 0 Å². The van der Waals surface area contributed by atoms with Crippen molar-refractivity contribution in [2.24, 2.45) is 5.92 Å². The van der Waals surface area contributed by atoms with E-state index in [4.69, 9.17) is 0 Å². The average molecular weight is 135 g/mol.